The van der Waals surface area contributed by atoms with Gasteiger partial charge in [0, 0.05) is 38.7 Å². The Morgan fingerprint density at radius 3 is 2.64 bits per heavy atom. The van der Waals surface area contributed by atoms with Crippen molar-refractivity contribution in [1.29, 1.82) is 0 Å². The Kier molecular flexibility index (Phi) is 8.62. The fourth-order valence-electron chi connectivity index (χ4n) is 4.22. The van der Waals surface area contributed by atoms with Crippen LogP contribution in [0.3, 0.4) is 0 Å². The first kappa shape index (κ1) is 21.1. The first-order valence-electron chi connectivity index (χ1n) is 11.2. The SMILES string of the molecule is CCNC(=NCC1CCCOC1c1ccc(C)cc1)NCCN1CCCCC1. The maximum Gasteiger partial charge on any atom is 0.191 e. The molecule has 2 saturated heterocycles. The summed E-state index contributed by atoms with van der Waals surface area (Å²) < 4.78 is 6.15. The lowest BCUT2D eigenvalue weighted by Gasteiger charge is -2.31. The summed E-state index contributed by atoms with van der Waals surface area (Å²) in [6.45, 7) is 11.3. The van der Waals surface area contributed by atoms with E-state index in [1.54, 1.807) is 0 Å². The molecule has 156 valence electrons. The Balaban J connectivity index is 1.54. The molecule has 5 heteroatoms. The predicted molar refractivity (Wildman–Crippen MR) is 117 cm³/mol. The fourth-order valence-corrected chi connectivity index (χ4v) is 4.22. The van der Waals surface area contributed by atoms with Crippen LogP contribution in [0.2, 0.25) is 0 Å². The highest BCUT2D eigenvalue weighted by atomic mass is 16.5. The van der Waals surface area contributed by atoms with Crippen molar-refractivity contribution in [2.45, 2.75) is 52.1 Å². The highest BCUT2D eigenvalue weighted by Gasteiger charge is 2.27. The van der Waals surface area contributed by atoms with E-state index in [1.165, 1.54) is 49.9 Å². The zero-order valence-electron chi connectivity index (χ0n) is 17.8. The van der Waals surface area contributed by atoms with Gasteiger partial charge in [0.1, 0.15) is 0 Å². The summed E-state index contributed by atoms with van der Waals surface area (Å²) in [5.41, 5.74) is 2.58. The van der Waals surface area contributed by atoms with Crippen molar-refractivity contribution in [3.05, 3.63) is 35.4 Å². The van der Waals surface area contributed by atoms with Crippen LogP contribution in [0.15, 0.2) is 29.3 Å². The van der Waals surface area contributed by atoms with E-state index in [4.69, 9.17) is 9.73 Å². The molecule has 0 aromatic heterocycles. The minimum Gasteiger partial charge on any atom is -0.373 e. The monoisotopic (exact) mass is 386 g/mol. The number of aliphatic imine (C=N–C) groups is 1. The van der Waals surface area contributed by atoms with E-state index in [1.807, 2.05) is 0 Å². The number of benzene rings is 1. The van der Waals surface area contributed by atoms with Crippen LogP contribution < -0.4 is 10.6 Å². The van der Waals surface area contributed by atoms with E-state index in [0.29, 0.717) is 5.92 Å². The quantitative estimate of drug-likeness (QED) is 0.556. The van der Waals surface area contributed by atoms with Crippen molar-refractivity contribution >= 4 is 5.96 Å². The van der Waals surface area contributed by atoms with Crippen molar-refractivity contribution in [3.8, 4) is 0 Å². The largest absolute Gasteiger partial charge is 0.373 e. The molecule has 2 aliphatic heterocycles. The van der Waals surface area contributed by atoms with Crippen LogP contribution in [-0.4, -0.2) is 56.7 Å². The molecule has 0 bridgehead atoms. The minimum atomic E-state index is 0.161. The van der Waals surface area contributed by atoms with E-state index >= 15 is 0 Å². The molecule has 0 amide bonds. The molecule has 2 atom stereocenters. The van der Waals surface area contributed by atoms with Crippen molar-refractivity contribution in [1.82, 2.24) is 15.5 Å². The summed E-state index contributed by atoms with van der Waals surface area (Å²) in [6.07, 6.45) is 6.54. The van der Waals surface area contributed by atoms with Crippen LogP contribution in [0.1, 0.15) is 56.3 Å². The van der Waals surface area contributed by atoms with Gasteiger partial charge in [0.05, 0.1) is 6.10 Å². The Hall–Kier alpha value is -1.59. The summed E-state index contributed by atoms with van der Waals surface area (Å²) in [5.74, 6) is 1.38. The van der Waals surface area contributed by atoms with Crippen molar-refractivity contribution in [3.63, 3.8) is 0 Å². The van der Waals surface area contributed by atoms with Gasteiger partial charge < -0.3 is 20.3 Å². The second kappa shape index (κ2) is 11.4. The standard InChI is InChI=1S/C23H38N4O/c1-3-24-23(25-13-16-27-14-5-4-6-15-27)26-18-21-8-7-17-28-22(21)20-11-9-19(2)10-12-20/h9-12,21-22H,3-8,13-18H2,1-2H3,(H2,24,25,26). The molecule has 2 N–H and O–H groups in total. The van der Waals surface area contributed by atoms with Crippen molar-refractivity contribution in [2.75, 3.05) is 45.9 Å². The Labute approximate surface area is 170 Å². The van der Waals surface area contributed by atoms with Gasteiger partial charge >= 0.3 is 0 Å². The molecule has 2 unspecified atom stereocenters. The number of rotatable bonds is 7. The van der Waals surface area contributed by atoms with Gasteiger partial charge in [-0.3, -0.25) is 4.99 Å². The van der Waals surface area contributed by atoms with Crippen molar-refractivity contribution in [2.24, 2.45) is 10.9 Å². The summed E-state index contributed by atoms with van der Waals surface area (Å²) in [5, 5.41) is 6.93. The number of piperidine rings is 1. The molecular weight excluding hydrogens is 348 g/mol. The molecule has 1 aromatic carbocycles. The molecule has 1 aromatic rings. The topological polar surface area (TPSA) is 48.9 Å². The van der Waals surface area contributed by atoms with Gasteiger partial charge in [-0.15, -0.1) is 0 Å². The zero-order valence-corrected chi connectivity index (χ0v) is 17.8. The lowest BCUT2D eigenvalue weighted by Crippen LogP contribution is -2.43. The minimum absolute atomic E-state index is 0.161. The third-order valence-corrected chi connectivity index (χ3v) is 5.85. The molecule has 2 heterocycles. The van der Waals surface area contributed by atoms with Gasteiger partial charge in [0.25, 0.3) is 0 Å². The molecule has 0 radical (unpaired) electrons. The van der Waals surface area contributed by atoms with Crippen LogP contribution in [-0.2, 0) is 4.74 Å². The molecule has 2 aliphatic rings. The van der Waals surface area contributed by atoms with Crippen LogP contribution in [0, 0.1) is 12.8 Å². The summed E-state index contributed by atoms with van der Waals surface area (Å²) in [6, 6.07) is 8.79. The smallest absolute Gasteiger partial charge is 0.191 e. The Bertz CT molecular complexity index is 595. The number of hydrogen-bond acceptors (Lipinski definition) is 3. The number of aryl methyl sites for hydroxylation is 1. The molecule has 5 nitrogen and oxygen atoms in total. The molecule has 0 spiro atoms. The van der Waals surface area contributed by atoms with E-state index in [0.717, 1.165) is 45.2 Å². The number of nitrogens with one attached hydrogen (secondary N) is 2. The van der Waals surface area contributed by atoms with Crippen LogP contribution in [0.5, 0.6) is 0 Å². The molecule has 28 heavy (non-hydrogen) atoms. The lowest BCUT2D eigenvalue weighted by atomic mass is 9.89. The van der Waals surface area contributed by atoms with E-state index < -0.39 is 0 Å². The van der Waals surface area contributed by atoms with Gasteiger partial charge in [-0.1, -0.05) is 36.2 Å². The van der Waals surface area contributed by atoms with Gasteiger partial charge in [-0.2, -0.15) is 0 Å². The van der Waals surface area contributed by atoms with E-state index in [2.05, 4.69) is 53.6 Å². The number of hydrogen-bond donors (Lipinski definition) is 2. The van der Waals surface area contributed by atoms with E-state index in [9.17, 15) is 0 Å². The molecule has 3 rings (SSSR count). The number of ether oxygens (including phenoxy) is 1. The maximum atomic E-state index is 6.15. The van der Waals surface area contributed by atoms with Crippen LogP contribution in [0.25, 0.3) is 0 Å². The summed E-state index contributed by atoms with van der Waals surface area (Å²) >= 11 is 0. The second-order valence-corrected chi connectivity index (χ2v) is 8.15. The lowest BCUT2D eigenvalue weighted by molar-refractivity contribution is -0.0250. The highest BCUT2D eigenvalue weighted by molar-refractivity contribution is 5.79. The third kappa shape index (κ3) is 6.49. The fraction of sp³-hybridized carbons (Fsp3) is 0.696. The summed E-state index contributed by atoms with van der Waals surface area (Å²) in [4.78, 5) is 7.47. The first-order valence-corrected chi connectivity index (χ1v) is 11.2. The molecule has 2 fully saturated rings. The van der Waals surface area contributed by atoms with E-state index in [-0.39, 0.29) is 6.10 Å². The Morgan fingerprint density at radius 1 is 1.11 bits per heavy atom. The van der Waals surface area contributed by atoms with Crippen LogP contribution in [0.4, 0.5) is 0 Å². The maximum absolute atomic E-state index is 6.15. The Morgan fingerprint density at radius 2 is 1.89 bits per heavy atom. The highest BCUT2D eigenvalue weighted by Crippen LogP contribution is 2.33. The normalized spacial score (nSPS) is 24.1. The van der Waals surface area contributed by atoms with Crippen molar-refractivity contribution < 1.29 is 4.74 Å². The van der Waals surface area contributed by atoms with Crippen LogP contribution >= 0.6 is 0 Å². The molecule has 0 saturated carbocycles. The number of likely N-dealkylation sites (tertiary alicyclic amines) is 1. The first-order chi connectivity index (χ1) is 13.8. The number of nitrogens with zero attached hydrogens (tertiary/aromatic N) is 2. The predicted octanol–water partition coefficient (Wildman–Crippen LogP) is 3.50. The van der Waals surface area contributed by atoms with Gasteiger partial charge in [0.2, 0.25) is 0 Å². The van der Waals surface area contributed by atoms with Gasteiger partial charge in [0.15, 0.2) is 5.96 Å². The van der Waals surface area contributed by atoms with Gasteiger partial charge in [-0.05, 0) is 58.2 Å². The van der Waals surface area contributed by atoms with Gasteiger partial charge in [-0.25, -0.2) is 0 Å². The molecule has 0 aliphatic carbocycles. The number of guanidine groups is 1. The molecular formula is C23H38N4O. The zero-order chi connectivity index (χ0) is 19.6. The summed E-state index contributed by atoms with van der Waals surface area (Å²) in [7, 11) is 0. The third-order valence-electron chi connectivity index (χ3n) is 5.85. The second-order valence-electron chi connectivity index (χ2n) is 8.15. The average molecular weight is 387 g/mol. The average Bonchev–Trinajstić information content (AvgIpc) is 2.74.